The molecule has 0 aliphatic rings. The predicted octanol–water partition coefficient (Wildman–Crippen LogP) is 11.8. The summed E-state index contributed by atoms with van der Waals surface area (Å²) in [6.45, 7) is 23.5. The van der Waals surface area contributed by atoms with Crippen molar-refractivity contribution in [1.82, 2.24) is 4.98 Å². The van der Waals surface area contributed by atoms with Crippen LogP contribution in [0.4, 0.5) is 5.82 Å². The van der Waals surface area contributed by atoms with Crippen LogP contribution in [0.1, 0.15) is 72.1 Å². The zero-order valence-electron chi connectivity index (χ0n) is 28.9. The molecule has 2 nitrogen and oxygen atoms in total. The van der Waals surface area contributed by atoms with Gasteiger partial charge in [0.2, 0.25) is 0 Å². The van der Waals surface area contributed by atoms with Gasteiger partial charge in [-0.25, -0.2) is 9.98 Å². The molecule has 1 aromatic heterocycles. The van der Waals surface area contributed by atoms with Gasteiger partial charge in [0.1, 0.15) is 0 Å². The Hall–Kier alpha value is -4.27. The third kappa shape index (κ3) is 11.3. The molecule has 0 atom stereocenters. The molecule has 0 saturated heterocycles. The number of nitrogens with zero attached hydrogens (tertiary/aromatic N) is 2. The second-order valence-electron chi connectivity index (χ2n) is 9.87. The Labute approximate surface area is 277 Å². The number of pyridine rings is 1. The molecule has 1 heterocycles. The monoisotopic (exact) mass is 618 g/mol. The third-order valence-electron chi connectivity index (χ3n) is 6.62. The number of allylic oxidation sites excluding steroid dienone is 6. The number of aliphatic imine (C=N–C) groups is 1. The van der Waals surface area contributed by atoms with E-state index in [0.29, 0.717) is 10.9 Å². The highest BCUT2D eigenvalue weighted by atomic mass is 35.5. The second kappa shape index (κ2) is 21.4. The number of aryl methyl sites for hydroxylation is 2. The van der Waals surface area contributed by atoms with E-state index in [-0.39, 0.29) is 0 Å². The maximum absolute atomic E-state index is 6.82. The van der Waals surface area contributed by atoms with Crippen molar-refractivity contribution in [2.75, 3.05) is 0 Å². The number of hydrogen-bond donors (Lipinski definition) is 0. The highest BCUT2D eigenvalue weighted by Gasteiger charge is 2.14. The SMILES string of the molecule is C/C=C\C=C/C.C/C=C\c1ccc(-c2nc(/N=C(C)/C(Cl)=c3/cccc/c3=C/C)c(C)c3ccccc23)cc1C.C=CC.CC. The van der Waals surface area contributed by atoms with E-state index in [1.807, 2.05) is 97.9 Å². The molecule has 3 aromatic carbocycles. The lowest BCUT2D eigenvalue weighted by Crippen LogP contribution is -2.26. The van der Waals surface area contributed by atoms with E-state index in [0.717, 1.165) is 43.7 Å². The molecule has 0 N–H and O–H groups in total. The van der Waals surface area contributed by atoms with Crippen LogP contribution in [-0.2, 0) is 0 Å². The number of benzene rings is 3. The average Bonchev–Trinajstić information content (AvgIpc) is 3.07. The average molecular weight is 619 g/mol. The van der Waals surface area contributed by atoms with Gasteiger partial charge in [0.25, 0.3) is 0 Å². The molecule has 0 amide bonds. The van der Waals surface area contributed by atoms with Crippen molar-refractivity contribution in [2.45, 2.75) is 69.2 Å². The zero-order chi connectivity index (χ0) is 33.8. The summed E-state index contributed by atoms with van der Waals surface area (Å²) in [5, 5.41) is 4.96. The van der Waals surface area contributed by atoms with E-state index in [1.165, 1.54) is 11.1 Å². The van der Waals surface area contributed by atoms with Gasteiger partial charge in [-0.2, -0.15) is 0 Å². The van der Waals surface area contributed by atoms with Crippen LogP contribution in [0.5, 0.6) is 0 Å². The maximum Gasteiger partial charge on any atom is 0.156 e. The molecule has 4 aromatic rings. The summed E-state index contributed by atoms with van der Waals surface area (Å²) < 4.78 is 0. The first-order valence-electron chi connectivity index (χ1n) is 15.7. The summed E-state index contributed by atoms with van der Waals surface area (Å²) in [6.07, 6.45) is 16.0. The molecule has 0 unspecified atom stereocenters. The Bertz CT molecular complexity index is 1760. The van der Waals surface area contributed by atoms with Crippen LogP contribution in [0, 0.1) is 13.8 Å². The zero-order valence-corrected chi connectivity index (χ0v) is 29.7. The first kappa shape index (κ1) is 38.8. The summed E-state index contributed by atoms with van der Waals surface area (Å²) in [5.74, 6) is 0.692. The molecule has 0 aliphatic carbocycles. The fourth-order valence-electron chi connectivity index (χ4n) is 4.48. The Morgan fingerprint density at radius 2 is 1.38 bits per heavy atom. The van der Waals surface area contributed by atoms with Crippen LogP contribution >= 0.6 is 11.6 Å². The van der Waals surface area contributed by atoms with Gasteiger partial charge < -0.3 is 0 Å². The van der Waals surface area contributed by atoms with Gasteiger partial charge in [-0.05, 0) is 83.2 Å². The summed E-state index contributed by atoms with van der Waals surface area (Å²) in [4.78, 5) is 9.99. The molecule has 0 fully saturated rings. The van der Waals surface area contributed by atoms with Crippen LogP contribution in [0.2, 0.25) is 0 Å². The highest BCUT2D eigenvalue weighted by molar-refractivity contribution is 6.61. The molecule has 0 bridgehead atoms. The lowest BCUT2D eigenvalue weighted by Gasteiger charge is -2.13. The quantitative estimate of drug-likeness (QED) is 0.124. The Morgan fingerprint density at radius 3 is 1.93 bits per heavy atom. The van der Waals surface area contributed by atoms with Gasteiger partial charge in [0.15, 0.2) is 5.82 Å². The largest absolute Gasteiger partial charge is 0.232 e. The van der Waals surface area contributed by atoms with Crippen LogP contribution in [0.3, 0.4) is 0 Å². The van der Waals surface area contributed by atoms with Crippen molar-refractivity contribution < 1.29 is 0 Å². The Balaban J connectivity index is 0.000000802. The summed E-state index contributed by atoms with van der Waals surface area (Å²) in [5.41, 5.74) is 6.23. The second-order valence-corrected chi connectivity index (χ2v) is 10.3. The van der Waals surface area contributed by atoms with Crippen LogP contribution in [0.25, 0.3) is 39.2 Å². The Morgan fingerprint density at radius 1 is 0.800 bits per heavy atom. The maximum atomic E-state index is 6.82. The Kier molecular flexibility index (Phi) is 18.5. The fraction of sp³-hybridized carbons (Fsp3) is 0.238. The van der Waals surface area contributed by atoms with Gasteiger partial charge in [0, 0.05) is 21.7 Å². The first-order chi connectivity index (χ1) is 21.8. The minimum absolute atomic E-state index is 0.635. The summed E-state index contributed by atoms with van der Waals surface area (Å²) in [7, 11) is 0. The van der Waals surface area contributed by atoms with Gasteiger partial charge >= 0.3 is 0 Å². The van der Waals surface area contributed by atoms with Crippen molar-refractivity contribution in [2.24, 2.45) is 4.99 Å². The lowest BCUT2D eigenvalue weighted by atomic mass is 9.97. The minimum Gasteiger partial charge on any atom is -0.232 e. The fourth-order valence-corrected chi connectivity index (χ4v) is 4.69. The van der Waals surface area contributed by atoms with E-state index in [1.54, 1.807) is 6.08 Å². The van der Waals surface area contributed by atoms with Gasteiger partial charge in [-0.3, -0.25) is 0 Å². The minimum atomic E-state index is 0.635. The molecule has 0 spiro atoms. The number of aromatic nitrogens is 1. The topological polar surface area (TPSA) is 25.2 Å². The smallest absolute Gasteiger partial charge is 0.156 e. The van der Waals surface area contributed by atoms with Crippen molar-refractivity contribution in [3.05, 3.63) is 137 Å². The van der Waals surface area contributed by atoms with Crippen molar-refractivity contribution >= 4 is 51.1 Å². The van der Waals surface area contributed by atoms with E-state index in [9.17, 15) is 0 Å². The number of fused-ring (bicyclic) bond motifs is 1. The molecule has 236 valence electrons. The van der Waals surface area contributed by atoms with E-state index >= 15 is 0 Å². The van der Waals surface area contributed by atoms with Gasteiger partial charge in [-0.15, -0.1) is 6.58 Å². The van der Waals surface area contributed by atoms with E-state index in [2.05, 4.69) is 87.2 Å². The lowest BCUT2D eigenvalue weighted by molar-refractivity contribution is 1.25. The third-order valence-corrected chi connectivity index (χ3v) is 7.10. The van der Waals surface area contributed by atoms with Crippen molar-refractivity contribution in [1.29, 1.82) is 0 Å². The summed E-state index contributed by atoms with van der Waals surface area (Å²) in [6, 6.07) is 23.0. The molecule has 4 rings (SSSR count). The van der Waals surface area contributed by atoms with Crippen molar-refractivity contribution in [3.63, 3.8) is 0 Å². The highest BCUT2D eigenvalue weighted by Crippen LogP contribution is 2.35. The van der Waals surface area contributed by atoms with Crippen LogP contribution < -0.4 is 10.4 Å². The number of rotatable bonds is 5. The van der Waals surface area contributed by atoms with Crippen molar-refractivity contribution in [3.8, 4) is 11.3 Å². The summed E-state index contributed by atoms with van der Waals surface area (Å²) >= 11 is 6.82. The molecule has 0 radical (unpaired) electrons. The standard InChI is InChI=1S/C31H29ClN2.C6H10.C3H6.C2H6/c1-6-12-24-17-18-25(19-20(24)3)30-28-16-11-10-14-26(28)21(4)31(34-30)33-22(5)29(32)27-15-9-8-13-23(27)7-2;1-3-5-6-4-2;1-3-2;1-2/h6-19H,1-5H3;3-6H,1-2H3;3H,1H2,2H3;1-2H3/b12-6-,23-7-,29-27+,33-22+;5-3-,6-4-;;. The molecule has 45 heavy (non-hydrogen) atoms. The first-order valence-corrected chi connectivity index (χ1v) is 16.1. The van der Waals surface area contributed by atoms with Crippen LogP contribution in [0.15, 0.2) is 115 Å². The number of halogens is 1. The molecule has 3 heteroatoms. The van der Waals surface area contributed by atoms with Gasteiger partial charge in [-0.1, -0.05) is 135 Å². The molecule has 0 saturated carbocycles. The van der Waals surface area contributed by atoms with E-state index < -0.39 is 0 Å². The molecular weight excluding hydrogens is 568 g/mol. The number of hydrogen-bond acceptors (Lipinski definition) is 2. The normalized spacial score (nSPS) is 12.3. The van der Waals surface area contributed by atoms with E-state index in [4.69, 9.17) is 21.6 Å². The predicted molar refractivity (Wildman–Crippen MR) is 206 cm³/mol. The van der Waals surface area contributed by atoms with Gasteiger partial charge in [0.05, 0.1) is 16.4 Å². The molecular formula is C42H51ClN2. The van der Waals surface area contributed by atoms with Crippen LogP contribution in [-0.4, -0.2) is 10.7 Å². The molecule has 0 aliphatic heterocycles.